The summed E-state index contributed by atoms with van der Waals surface area (Å²) in [5.41, 5.74) is 1.68. The molecule has 18 heavy (non-hydrogen) atoms. The van der Waals surface area contributed by atoms with E-state index in [1.807, 2.05) is 60.7 Å². The Morgan fingerprint density at radius 1 is 1.00 bits per heavy atom. The monoisotopic (exact) mass is 240 g/mol. The summed E-state index contributed by atoms with van der Waals surface area (Å²) in [6.45, 7) is 3.98. The normalized spacial score (nSPS) is 13.8. The Morgan fingerprint density at radius 3 is 2.11 bits per heavy atom. The van der Waals surface area contributed by atoms with Crippen LogP contribution in [0.25, 0.3) is 0 Å². The van der Waals surface area contributed by atoms with Crippen molar-refractivity contribution in [2.75, 3.05) is 0 Å². The number of ether oxygens (including phenoxy) is 1. The number of hydrogen-bond acceptors (Lipinski definition) is 2. The van der Waals surface area contributed by atoms with Gasteiger partial charge in [-0.3, -0.25) is 0 Å². The van der Waals surface area contributed by atoms with Gasteiger partial charge >= 0.3 is 0 Å². The van der Waals surface area contributed by atoms with Gasteiger partial charge in [-0.15, -0.1) is 0 Å². The topological polar surface area (TPSA) is 29.5 Å². The molecule has 0 saturated heterocycles. The van der Waals surface area contributed by atoms with Crippen LogP contribution in [0.2, 0.25) is 0 Å². The van der Waals surface area contributed by atoms with Crippen molar-refractivity contribution in [3.05, 3.63) is 84.4 Å². The third-order valence-electron chi connectivity index (χ3n) is 2.77. The number of benzene rings is 2. The average Bonchev–Trinajstić information content (AvgIpc) is 2.47. The molecule has 1 atom stereocenters. The first-order chi connectivity index (χ1) is 8.74. The summed E-state index contributed by atoms with van der Waals surface area (Å²) in [7, 11) is 0. The molecule has 0 spiro atoms. The molecule has 2 heteroatoms. The van der Waals surface area contributed by atoms with Crippen molar-refractivity contribution < 1.29 is 9.84 Å². The zero-order chi connectivity index (χ0) is 12.8. The molecule has 0 aromatic heterocycles. The molecule has 0 fully saturated rings. The Morgan fingerprint density at radius 2 is 1.56 bits per heavy atom. The van der Waals surface area contributed by atoms with E-state index in [1.54, 1.807) is 0 Å². The molecule has 0 aliphatic heterocycles. The van der Waals surface area contributed by atoms with Gasteiger partial charge in [0.2, 0.25) is 5.79 Å². The molecule has 2 nitrogen and oxygen atoms in total. The van der Waals surface area contributed by atoms with Crippen molar-refractivity contribution in [3.63, 3.8) is 0 Å². The highest BCUT2D eigenvalue weighted by Gasteiger charge is 2.25. The molecule has 0 radical (unpaired) electrons. The van der Waals surface area contributed by atoms with E-state index >= 15 is 0 Å². The summed E-state index contributed by atoms with van der Waals surface area (Å²) in [6.07, 6.45) is 1.41. The Labute approximate surface area is 107 Å². The molecule has 1 N–H and O–H groups in total. The molecule has 2 aromatic carbocycles. The molecule has 0 heterocycles. The van der Waals surface area contributed by atoms with E-state index in [4.69, 9.17) is 4.74 Å². The lowest BCUT2D eigenvalue weighted by Gasteiger charge is -2.25. The summed E-state index contributed by atoms with van der Waals surface area (Å²) in [5.74, 6) is -1.45. The highest BCUT2D eigenvalue weighted by molar-refractivity contribution is 5.24. The largest absolute Gasteiger partial charge is 0.359 e. The van der Waals surface area contributed by atoms with E-state index < -0.39 is 5.79 Å². The van der Waals surface area contributed by atoms with Crippen LogP contribution in [0.15, 0.2) is 73.3 Å². The minimum Gasteiger partial charge on any atom is -0.359 e. The standard InChI is InChI=1S/C16H16O2/c1-2-16(17,15-11-7-4-8-12-15)18-13-14-9-5-3-6-10-14/h2-12,17H,1,13H2. The Hall–Kier alpha value is -1.90. The Kier molecular flexibility index (Phi) is 3.92. The van der Waals surface area contributed by atoms with Crippen molar-refractivity contribution >= 4 is 0 Å². The SMILES string of the molecule is C=CC(O)(OCc1ccccc1)c1ccccc1. The van der Waals surface area contributed by atoms with Gasteiger partial charge in [-0.25, -0.2) is 0 Å². The van der Waals surface area contributed by atoms with Gasteiger partial charge in [0.25, 0.3) is 0 Å². The van der Waals surface area contributed by atoms with Gasteiger partial charge < -0.3 is 9.84 Å². The van der Waals surface area contributed by atoms with Crippen LogP contribution >= 0.6 is 0 Å². The summed E-state index contributed by atoms with van der Waals surface area (Å²) in [4.78, 5) is 0. The smallest absolute Gasteiger partial charge is 0.212 e. The fourth-order valence-electron chi connectivity index (χ4n) is 1.70. The van der Waals surface area contributed by atoms with E-state index in [2.05, 4.69) is 6.58 Å². The predicted octanol–water partition coefficient (Wildman–Crippen LogP) is 3.23. The maximum Gasteiger partial charge on any atom is 0.212 e. The highest BCUT2D eigenvalue weighted by atomic mass is 16.6. The lowest BCUT2D eigenvalue weighted by molar-refractivity contribution is -0.182. The zero-order valence-corrected chi connectivity index (χ0v) is 10.1. The number of rotatable bonds is 5. The summed E-state index contributed by atoms with van der Waals surface area (Å²) in [6, 6.07) is 19.0. The quantitative estimate of drug-likeness (QED) is 0.642. The van der Waals surface area contributed by atoms with E-state index in [0.29, 0.717) is 12.2 Å². The van der Waals surface area contributed by atoms with Crippen LogP contribution in [0, 0.1) is 0 Å². The van der Waals surface area contributed by atoms with Gasteiger partial charge in [-0.2, -0.15) is 0 Å². The van der Waals surface area contributed by atoms with Gasteiger partial charge in [0.05, 0.1) is 6.61 Å². The van der Waals surface area contributed by atoms with Crippen molar-refractivity contribution in [3.8, 4) is 0 Å². The Bertz CT molecular complexity index is 493. The molecule has 1 unspecified atom stereocenters. The predicted molar refractivity (Wildman–Crippen MR) is 71.8 cm³/mol. The minimum atomic E-state index is -1.45. The van der Waals surface area contributed by atoms with Crippen LogP contribution in [0.1, 0.15) is 11.1 Å². The second-order valence-electron chi connectivity index (χ2n) is 4.04. The molecule has 0 aliphatic carbocycles. The fourth-order valence-corrected chi connectivity index (χ4v) is 1.70. The maximum atomic E-state index is 10.4. The van der Waals surface area contributed by atoms with E-state index in [9.17, 15) is 5.11 Å². The zero-order valence-electron chi connectivity index (χ0n) is 10.1. The first-order valence-corrected chi connectivity index (χ1v) is 5.84. The Balaban J connectivity index is 2.12. The first kappa shape index (κ1) is 12.6. The van der Waals surface area contributed by atoms with E-state index in [0.717, 1.165) is 5.56 Å². The summed E-state index contributed by atoms with van der Waals surface area (Å²) >= 11 is 0. The lowest BCUT2D eigenvalue weighted by Crippen LogP contribution is -2.26. The summed E-state index contributed by atoms with van der Waals surface area (Å²) < 4.78 is 5.59. The minimum absolute atomic E-state index is 0.332. The van der Waals surface area contributed by atoms with Crippen LogP contribution in [0.3, 0.4) is 0 Å². The lowest BCUT2D eigenvalue weighted by atomic mass is 10.1. The third-order valence-corrected chi connectivity index (χ3v) is 2.77. The first-order valence-electron chi connectivity index (χ1n) is 5.84. The van der Waals surface area contributed by atoms with Crippen molar-refractivity contribution in [1.82, 2.24) is 0 Å². The van der Waals surface area contributed by atoms with Gasteiger partial charge in [0.1, 0.15) is 0 Å². The number of aliphatic hydroxyl groups is 1. The average molecular weight is 240 g/mol. The van der Waals surface area contributed by atoms with E-state index in [-0.39, 0.29) is 0 Å². The second-order valence-corrected chi connectivity index (χ2v) is 4.04. The molecular weight excluding hydrogens is 224 g/mol. The molecular formula is C16H16O2. The van der Waals surface area contributed by atoms with Crippen LogP contribution < -0.4 is 0 Å². The molecule has 2 rings (SSSR count). The number of hydrogen-bond donors (Lipinski definition) is 1. The van der Waals surface area contributed by atoms with Crippen LogP contribution in [-0.2, 0) is 17.1 Å². The van der Waals surface area contributed by atoms with Gasteiger partial charge in [-0.05, 0) is 11.6 Å². The van der Waals surface area contributed by atoms with Gasteiger partial charge in [0, 0.05) is 5.56 Å². The van der Waals surface area contributed by atoms with E-state index in [1.165, 1.54) is 6.08 Å². The van der Waals surface area contributed by atoms with Crippen molar-refractivity contribution in [2.45, 2.75) is 12.4 Å². The molecule has 0 aliphatic rings. The molecule has 0 bridgehead atoms. The third kappa shape index (κ3) is 2.86. The summed E-state index contributed by atoms with van der Waals surface area (Å²) in [5, 5.41) is 10.4. The maximum absolute atomic E-state index is 10.4. The van der Waals surface area contributed by atoms with Gasteiger partial charge in [-0.1, -0.05) is 67.2 Å². The van der Waals surface area contributed by atoms with Crippen LogP contribution in [-0.4, -0.2) is 5.11 Å². The van der Waals surface area contributed by atoms with Crippen molar-refractivity contribution in [2.24, 2.45) is 0 Å². The molecule has 0 amide bonds. The molecule has 2 aromatic rings. The van der Waals surface area contributed by atoms with Crippen LogP contribution in [0.5, 0.6) is 0 Å². The second kappa shape index (κ2) is 5.63. The van der Waals surface area contributed by atoms with Crippen molar-refractivity contribution in [1.29, 1.82) is 0 Å². The molecule has 92 valence electrons. The fraction of sp³-hybridized carbons (Fsp3) is 0.125. The van der Waals surface area contributed by atoms with Gasteiger partial charge in [0.15, 0.2) is 0 Å². The molecule has 0 saturated carbocycles. The highest BCUT2D eigenvalue weighted by Crippen LogP contribution is 2.25. The van der Waals surface area contributed by atoms with Crippen LogP contribution in [0.4, 0.5) is 0 Å².